The first-order chi connectivity index (χ1) is 10.8. The predicted octanol–water partition coefficient (Wildman–Crippen LogP) is 2.83. The number of nitrogens with one attached hydrogen (secondary N) is 1. The van der Waals surface area contributed by atoms with Crippen molar-refractivity contribution in [3.63, 3.8) is 0 Å². The highest BCUT2D eigenvalue weighted by Crippen LogP contribution is 2.24. The number of Topliss-reactive ketones (excluding diaryl/α,β-unsaturated/α-hetero) is 1. The molecule has 0 bridgehead atoms. The van der Waals surface area contributed by atoms with Crippen LogP contribution in [0.3, 0.4) is 0 Å². The summed E-state index contributed by atoms with van der Waals surface area (Å²) in [6.07, 6.45) is 3.24. The van der Waals surface area contributed by atoms with Crippen LogP contribution in [0.5, 0.6) is 0 Å². The molecule has 1 amide bonds. The molecule has 4 heteroatoms. The van der Waals surface area contributed by atoms with Crippen molar-refractivity contribution in [2.45, 2.75) is 58.0 Å². The SMILES string of the molecule is CC(C)(C)c1ccc(C(=O)C(=O)NCC2CCCC(O)C2)cc1. The van der Waals surface area contributed by atoms with Crippen LogP contribution in [0, 0.1) is 5.92 Å². The standard InChI is InChI=1S/C19H27NO3/c1-19(2,3)15-9-7-14(8-10-15)17(22)18(23)20-12-13-5-4-6-16(21)11-13/h7-10,13,16,21H,4-6,11-12H2,1-3H3,(H,20,23). The Kier molecular flexibility index (Phi) is 5.58. The van der Waals surface area contributed by atoms with Gasteiger partial charge in [0, 0.05) is 12.1 Å². The van der Waals surface area contributed by atoms with E-state index in [-0.39, 0.29) is 17.4 Å². The number of hydrogen-bond acceptors (Lipinski definition) is 3. The van der Waals surface area contributed by atoms with Gasteiger partial charge < -0.3 is 10.4 Å². The monoisotopic (exact) mass is 317 g/mol. The van der Waals surface area contributed by atoms with Gasteiger partial charge in [0.1, 0.15) is 0 Å². The Morgan fingerprint density at radius 1 is 1.17 bits per heavy atom. The van der Waals surface area contributed by atoms with Crippen molar-refractivity contribution in [3.05, 3.63) is 35.4 Å². The number of ketones is 1. The minimum absolute atomic E-state index is 0.0195. The maximum atomic E-state index is 12.2. The molecule has 1 saturated carbocycles. The summed E-state index contributed by atoms with van der Waals surface area (Å²) in [5.41, 5.74) is 1.57. The van der Waals surface area contributed by atoms with Gasteiger partial charge in [-0.2, -0.15) is 0 Å². The second-order valence-electron chi connectivity index (χ2n) is 7.55. The van der Waals surface area contributed by atoms with Crippen molar-refractivity contribution in [1.29, 1.82) is 0 Å². The molecule has 0 spiro atoms. The molecule has 23 heavy (non-hydrogen) atoms. The fraction of sp³-hybridized carbons (Fsp3) is 0.579. The average molecular weight is 317 g/mol. The normalized spacial score (nSPS) is 21.7. The van der Waals surface area contributed by atoms with Crippen LogP contribution in [0.1, 0.15) is 62.4 Å². The van der Waals surface area contributed by atoms with Crippen LogP contribution in [0.25, 0.3) is 0 Å². The first-order valence-corrected chi connectivity index (χ1v) is 8.38. The first-order valence-electron chi connectivity index (χ1n) is 8.38. The minimum atomic E-state index is -0.562. The molecule has 126 valence electrons. The second kappa shape index (κ2) is 7.26. The van der Waals surface area contributed by atoms with E-state index in [0.717, 1.165) is 24.8 Å². The molecular weight excluding hydrogens is 290 g/mol. The largest absolute Gasteiger partial charge is 0.393 e. The van der Waals surface area contributed by atoms with E-state index in [9.17, 15) is 14.7 Å². The van der Waals surface area contributed by atoms with Crippen molar-refractivity contribution in [1.82, 2.24) is 5.32 Å². The van der Waals surface area contributed by atoms with Gasteiger partial charge in [-0.15, -0.1) is 0 Å². The van der Waals surface area contributed by atoms with E-state index in [0.29, 0.717) is 18.5 Å². The summed E-state index contributed by atoms with van der Waals surface area (Å²) < 4.78 is 0. The van der Waals surface area contributed by atoms with Crippen molar-refractivity contribution >= 4 is 11.7 Å². The van der Waals surface area contributed by atoms with Gasteiger partial charge >= 0.3 is 0 Å². The molecule has 0 aliphatic heterocycles. The molecule has 4 nitrogen and oxygen atoms in total. The zero-order valence-electron chi connectivity index (χ0n) is 14.3. The zero-order chi connectivity index (χ0) is 17.0. The number of carbonyl (C=O) groups is 2. The minimum Gasteiger partial charge on any atom is -0.393 e. The van der Waals surface area contributed by atoms with E-state index in [1.165, 1.54) is 0 Å². The van der Waals surface area contributed by atoms with Gasteiger partial charge in [0.2, 0.25) is 5.78 Å². The molecule has 1 aromatic carbocycles. The van der Waals surface area contributed by atoms with Gasteiger partial charge in [0.25, 0.3) is 5.91 Å². The van der Waals surface area contributed by atoms with E-state index in [1.807, 2.05) is 12.1 Å². The molecule has 0 saturated heterocycles. The highest BCUT2D eigenvalue weighted by Gasteiger charge is 2.23. The van der Waals surface area contributed by atoms with Gasteiger partial charge in [0.05, 0.1) is 6.10 Å². The predicted molar refractivity (Wildman–Crippen MR) is 90.4 cm³/mol. The van der Waals surface area contributed by atoms with Crippen molar-refractivity contribution in [2.24, 2.45) is 5.92 Å². The number of amides is 1. The van der Waals surface area contributed by atoms with E-state index in [4.69, 9.17) is 0 Å². The van der Waals surface area contributed by atoms with E-state index >= 15 is 0 Å². The summed E-state index contributed by atoms with van der Waals surface area (Å²) in [6, 6.07) is 7.23. The maximum Gasteiger partial charge on any atom is 0.292 e. The fourth-order valence-electron chi connectivity index (χ4n) is 3.02. The molecule has 1 aliphatic rings. The number of hydrogen-bond donors (Lipinski definition) is 2. The van der Waals surface area contributed by atoms with Gasteiger partial charge in [-0.05, 0) is 36.2 Å². The average Bonchev–Trinajstić information content (AvgIpc) is 2.51. The van der Waals surface area contributed by atoms with Crippen LogP contribution in [-0.4, -0.2) is 29.4 Å². The Balaban J connectivity index is 1.90. The lowest BCUT2D eigenvalue weighted by Gasteiger charge is -2.25. The molecule has 2 N–H and O–H groups in total. The van der Waals surface area contributed by atoms with Gasteiger partial charge in [-0.3, -0.25) is 9.59 Å². The fourth-order valence-corrected chi connectivity index (χ4v) is 3.02. The molecule has 0 radical (unpaired) electrons. The quantitative estimate of drug-likeness (QED) is 0.663. The van der Waals surface area contributed by atoms with Crippen LogP contribution in [0.4, 0.5) is 0 Å². The lowest BCUT2D eigenvalue weighted by atomic mass is 9.86. The van der Waals surface area contributed by atoms with Crippen molar-refractivity contribution in [3.8, 4) is 0 Å². The smallest absolute Gasteiger partial charge is 0.292 e. The third kappa shape index (κ3) is 4.90. The van der Waals surface area contributed by atoms with Gasteiger partial charge in [-0.1, -0.05) is 51.5 Å². The molecule has 2 atom stereocenters. The molecule has 1 aliphatic carbocycles. The molecule has 1 aromatic rings. The van der Waals surface area contributed by atoms with E-state index in [2.05, 4.69) is 26.1 Å². The Labute approximate surface area is 138 Å². The highest BCUT2D eigenvalue weighted by atomic mass is 16.3. The second-order valence-corrected chi connectivity index (χ2v) is 7.55. The molecule has 2 rings (SSSR count). The van der Waals surface area contributed by atoms with Gasteiger partial charge in [-0.25, -0.2) is 0 Å². The number of aliphatic hydroxyl groups excluding tert-OH is 1. The summed E-state index contributed by atoms with van der Waals surface area (Å²) in [5.74, 6) is -0.797. The van der Waals surface area contributed by atoms with E-state index in [1.54, 1.807) is 12.1 Å². The highest BCUT2D eigenvalue weighted by molar-refractivity contribution is 6.42. The number of aliphatic hydroxyl groups is 1. The van der Waals surface area contributed by atoms with Crippen molar-refractivity contribution in [2.75, 3.05) is 6.54 Å². The Hall–Kier alpha value is -1.68. The first kappa shape index (κ1) is 17.7. The van der Waals surface area contributed by atoms with Crippen LogP contribution < -0.4 is 5.32 Å². The Morgan fingerprint density at radius 2 is 1.83 bits per heavy atom. The summed E-state index contributed by atoms with van der Waals surface area (Å²) in [7, 11) is 0. The number of benzene rings is 1. The van der Waals surface area contributed by atoms with Crippen LogP contribution in [0.15, 0.2) is 24.3 Å². The lowest BCUT2D eigenvalue weighted by molar-refractivity contribution is -0.117. The van der Waals surface area contributed by atoms with Gasteiger partial charge in [0.15, 0.2) is 0 Å². The topological polar surface area (TPSA) is 66.4 Å². The van der Waals surface area contributed by atoms with Crippen LogP contribution >= 0.6 is 0 Å². The summed E-state index contributed by atoms with van der Waals surface area (Å²) in [4.78, 5) is 24.2. The molecule has 0 aromatic heterocycles. The number of carbonyl (C=O) groups excluding carboxylic acids is 2. The number of rotatable bonds is 4. The third-order valence-corrected chi connectivity index (χ3v) is 4.53. The third-order valence-electron chi connectivity index (χ3n) is 4.53. The molecule has 0 heterocycles. The maximum absolute atomic E-state index is 12.2. The zero-order valence-corrected chi connectivity index (χ0v) is 14.3. The Morgan fingerprint density at radius 3 is 2.39 bits per heavy atom. The Bertz CT molecular complexity index is 557. The van der Waals surface area contributed by atoms with E-state index < -0.39 is 11.7 Å². The summed E-state index contributed by atoms with van der Waals surface area (Å²) >= 11 is 0. The molecule has 2 unspecified atom stereocenters. The van der Waals surface area contributed by atoms with Crippen molar-refractivity contribution < 1.29 is 14.7 Å². The van der Waals surface area contributed by atoms with Crippen LogP contribution in [0.2, 0.25) is 0 Å². The summed E-state index contributed by atoms with van der Waals surface area (Å²) in [5, 5.41) is 12.4. The molecular formula is C19H27NO3. The lowest BCUT2D eigenvalue weighted by Crippen LogP contribution is -2.36. The van der Waals surface area contributed by atoms with Crippen LogP contribution in [-0.2, 0) is 10.2 Å². The summed E-state index contributed by atoms with van der Waals surface area (Å²) in [6.45, 7) is 6.78. The molecule has 1 fully saturated rings.